The first-order valence-electron chi connectivity index (χ1n) is 11.0. The maximum absolute atomic E-state index is 12.8. The Labute approximate surface area is 205 Å². The lowest BCUT2D eigenvalue weighted by atomic mass is 10.0. The Morgan fingerprint density at radius 3 is 2.50 bits per heavy atom. The van der Waals surface area contributed by atoms with Gasteiger partial charge in [-0.25, -0.2) is 9.97 Å². The van der Waals surface area contributed by atoms with Crippen molar-refractivity contribution in [2.24, 2.45) is 5.73 Å². The number of hydrogen-bond donors (Lipinski definition) is 4. The molecular weight excluding hydrogens is 458 g/mol. The van der Waals surface area contributed by atoms with Gasteiger partial charge in [-0.05, 0) is 72.3 Å². The molecule has 0 aliphatic rings. The summed E-state index contributed by atoms with van der Waals surface area (Å²) in [7, 11) is 1.55. The first-order valence-corrected chi connectivity index (χ1v) is 11.0. The largest absolute Gasteiger partial charge is 0.507 e. The van der Waals surface area contributed by atoms with Crippen LogP contribution in [0.1, 0.15) is 20.7 Å². The van der Waals surface area contributed by atoms with Gasteiger partial charge in [0.25, 0.3) is 5.91 Å². The van der Waals surface area contributed by atoms with Crippen molar-refractivity contribution in [2.45, 2.75) is 0 Å². The van der Waals surface area contributed by atoms with Gasteiger partial charge in [0.2, 0.25) is 11.8 Å². The van der Waals surface area contributed by atoms with Crippen molar-refractivity contribution in [3.8, 4) is 34.1 Å². The molecule has 5 rings (SSSR count). The molecule has 5 aromatic rings. The third-order valence-electron chi connectivity index (χ3n) is 5.70. The molecule has 178 valence electrons. The van der Waals surface area contributed by atoms with Gasteiger partial charge in [0, 0.05) is 28.6 Å². The highest BCUT2D eigenvalue weighted by Crippen LogP contribution is 2.35. The normalized spacial score (nSPS) is 10.8. The molecule has 0 radical (unpaired) electrons. The van der Waals surface area contributed by atoms with Crippen LogP contribution in [0, 0.1) is 0 Å². The molecule has 0 spiro atoms. The van der Waals surface area contributed by atoms with E-state index in [-0.39, 0.29) is 11.7 Å². The zero-order valence-corrected chi connectivity index (χ0v) is 19.1. The second kappa shape index (κ2) is 9.22. The lowest BCUT2D eigenvalue weighted by Gasteiger charge is -2.09. The number of hydrogen-bond acceptors (Lipinski definition) is 6. The molecular formula is C27H21N5O4. The quantitative estimate of drug-likeness (QED) is 0.285. The minimum absolute atomic E-state index is 0.0537. The zero-order valence-electron chi connectivity index (χ0n) is 19.1. The zero-order chi connectivity index (χ0) is 25.2. The number of rotatable bonds is 6. The highest BCUT2D eigenvalue weighted by Gasteiger charge is 2.15. The van der Waals surface area contributed by atoms with Crippen molar-refractivity contribution in [1.29, 1.82) is 0 Å². The van der Waals surface area contributed by atoms with Gasteiger partial charge in [-0.1, -0.05) is 6.07 Å². The highest BCUT2D eigenvalue weighted by molar-refractivity contribution is 6.06. The fraction of sp³-hybridized carbons (Fsp3) is 0.0370. The Hall–Kier alpha value is -5.18. The number of phenolic OH excluding ortho intramolecular Hbond substituents is 1. The second-order valence-corrected chi connectivity index (χ2v) is 8.01. The van der Waals surface area contributed by atoms with Gasteiger partial charge < -0.3 is 25.9 Å². The fourth-order valence-electron chi connectivity index (χ4n) is 3.87. The molecule has 2 aromatic heterocycles. The third-order valence-corrected chi connectivity index (χ3v) is 5.70. The van der Waals surface area contributed by atoms with Crippen molar-refractivity contribution in [1.82, 2.24) is 15.0 Å². The van der Waals surface area contributed by atoms with Gasteiger partial charge in [0.05, 0.1) is 23.7 Å². The average Bonchev–Trinajstić information content (AvgIpc) is 3.32. The number of carbonyl (C=O) groups excluding carboxylic acids is 2. The standard InChI is InChI=1S/C27H21N5O4/c1-36-27-19(3-2-12-29-27)16-7-11-23(33)20(13-16)25-31-21-10-6-17(14-22(21)32-25)26(35)30-18-8-4-15(5-9-18)24(28)34/h2-14,33H,1H3,(H2,28,34)(H,30,35)(H,31,32). The van der Waals surface area contributed by atoms with E-state index in [0.29, 0.717) is 45.1 Å². The summed E-state index contributed by atoms with van der Waals surface area (Å²) in [6, 6.07) is 20.2. The van der Waals surface area contributed by atoms with Crippen LogP contribution in [0.3, 0.4) is 0 Å². The van der Waals surface area contributed by atoms with Crippen LogP contribution in [0.15, 0.2) is 79.0 Å². The Balaban J connectivity index is 1.44. The molecule has 2 amide bonds. The summed E-state index contributed by atoms with van der Waals surface area (Å²) >= 11 is 0. The molecule has 0 saturated carbocycles. The van der Waals surface area contributed by atoms with E-state index in [1.807, 2.05) is 12.1 Å². The van der Waals surface area contributed by atoms with Crippen molar-refractivity contribution in [3.05, 3.63) is 90.1 Å². The van der Waals surface area contributed by atoms with E-state index >= 15 is 0 Å². The van der Waals surface area contributed by atoms with E-state index in [2.05, 4.69) is 20.3 Å². The van der Waals surface area contributed by atoms with Crippen LogP contribution >= 0.6 is 0 Å². The molecule has 0 bridgehead atoms. The number of ether oxygens (including phenoxy) is 1. The van der Waals surface area contributed by atoms with Crippen molar-refractivity contribution in [3.63, 3.8) is 0 Å². The Bertz CT molecular complexity index is 1610. The van der Waals surface area contributed by atoms with E-state index in [4.69, 9.17) is 10.5 Å². The maximum Gasteiger partial charge on any atom is 0.255 e. The third kappa shape index (κ3) is 4.32. The number of aromatic hydroxyl groups is 1. The van der Waals surface area contributed by atoms with Crippen molar-refractivity contribution < 1.29 is 19.4 Å². The topological polar surface area (TPSA) is 143 Å². The molecule has 9 nitrogen and oxygen atoms in total. The van der Waals surface area contributed by atoms with Gasteiger partial charge in [-0.3, -0.25) is 9.59 Å². The number of fused-ring (bicyclic) bond motifs is 1. The number of aromatic amines is 1. The Kier molecular flexibility index (Phi) is 5.79. The molecule has 0 saturated heterocycles. The predicted molar refractivity (Wildman–Crippen MR) is 136 cm³/mol. The first-order chi connectivity index (χ1) is 17.4. The number of H-pyrrole nitrogens is 1. The number of amides is 2. The number of nitrogens with zero attached hydrogens (tertiary/aromatic N) is 2. The van der Waals surface area contributed by atoms with Crippen LogP contribution < -0.4 is 15.8 Å². The first kappa shape index (κ1) is 22.6. The number of imidazole rings is 1. The summed E-state index contributed by atoms with van der Waals surface area (Å²) in [6.45, 7) is 0. The van der Waals surface area contributed by atoms with E-state index in [0.717, 1.165) is 11.1 Å². The van der Waals surface area contributed by atoms with Gasteiger partial charge in [0.15, 0.2) is 0 Å². The van der Waals surface area contributed by atoms with Gasteiger partial charge >= 0.3 is 0 Å². The highest BCUT2D eigenvalue weighted by atomic mass is 16.5. The molecule has 0 aliphatic carbocycles. The van der Waals surface area contributed by atoms with Crippen molar-refractivity contribution in [2.75, 3.05) is 12.4 Å². The number of methoxy groups -OCH3 is 1. The fourth-order valence-corrected chi connectivity index (χ4v) is 3.87. The van der Waals surface area contributed by atoms with Gasteiger partial charge in [0.1, 0.15) is 11.6 Å². The van der Waals surface area contributed by atoms with E-state index in [1.165, 1.54) is 0 Å². The van der Waals surface area contributed by atoms with Crippen LogP contribution in [-0.4, -0.2) is 39.0 Å². The molecule has 0 fully saturated rings. The van der Waals surface area contributed by atoms with E-state index in [9.17, 15) is 14.7 Å². The molecule has 36 heavy (non-hydrogen) atoms. The number of benzene rings is 3. The SMILES string of the molecule is COc1ncccc1-c1ccc(O)c(-c2nc3ccc(C(=O)Nc4ccc(C(N)=O)cc4)cc3[nH]2)c1. The van der Waals surface area contributed by atoms with Crippen LogP contribution in [0.25, 0.3) is 33.5 Å². The summed E-state index contributed by atoms with van der Waals surface area (Å²) in [4.78, 5) is 36.0. The smallest absolute Gasteiger partial charge is 0.255 e. The van der Waals surface area contributed by atoms with Crippen LogP contribution in [0.5, 0.6) is 11.6 Å². The lowest BCUT2D eigenvalue weighted by Crippen LogP contribution is -2.13. The average molecular weight is 479 g/mol. The van der Waals surface area contributed by atoms with Crippen LogP contribution in [0.2, 0.25) is 0 Å². The number of nitrogens with one attached hydrogen (secondary N) is 2. The second-order valence-electron chi connectivity index (χ2n) is 8.01. The van der Waals surface area contributed by atoms with Crippen LogP contribution in [-0.2, 0) is 0 Å². The molecule has 0 aliphatic heterocycles. The summed E-state index contributed by atoms with van der Waals surface area (Å²) in [5.41, 5.74) is 9.89. The minimum atomic E-state index is -0.537. The number of carbonyl (C=O) groups is 2. The van der Waals surface area contributed by atoms with E-state index < -0.39 is 5.91 Å². The molecule has 0 atom stereocenters. The number of aromatic nitrogens is 3. The number of nitrogens with two attached hydrogens (primary N) is 1. The molecule has 0 unspecified atom stereocenters. The van der Waals surface area contributed by atoms with Gasteiger partial charge in [-0.2, -0.15) is 0 Å². The molecule has 5 N–H and O–H groups in total. The molecule has 9 heteroatoms. The van der Waals surface area contributed by atoms with E-state index in [1.54, 1.807) is 74.0 Å². The Morgan fingerprint density at radius 2 is 1.75 bits per heavy atom. The van der Waals surface area contributed by atoms with Crippen molar-refractivity contribution >= 4 is 28.5 Å². The molecule has 3 aromatic carbocycles. The summed E-state index contributed by atoms with van der Waals surface area (Å²) in [5, 5.41) is 13.3. The predicted octanol–water partition coefficient (Wildman–Crippen LogP) is 4.36. The number of pyridine rings is 1. The van der Waals surface area contributed by atoms with Gasteiger partial charge in [-0.15, -0.1) is 0 Å². The summed E-state index contributed by atoms with van der Waals surface area (Å²) in [5.74, 6) is 0.112. The summed E-state index contributed by atoms with van der Waals surface area (Å²) < 4.78 is 5.36. The number of phenols is 1. The van der Waals surface area contributed by atoms with Crippen LogP contribution in [0.4, 0.5) is 5.69 Å². The summed E-state index contributed by atoms with van der Waals surface area (Å²) in [6.07, 6.45) is 1.65. The monoisotopic (exact) mass is 479 g/mol. The Morgan fingerprint density at radius 1 is 0.972 bits per heavy atom. The molecule has 2 heterocycles. The number of anilines is 1. The maximum atomic E-state index is 12.8. The number of primary amides is 1. The minimum Gasteiger partial charge on any atom is -0.507 e. The lowest BCUT2D eigenvalue weighted by molar-refractivity contribution is 0.0998.